The van der Waals surface area contributed by atoms with E-state index >= 15 is 0 Å². The molecular formula is C14H24Cl2N2O. The van der Waals surface area contributed by atoms with Crippen LogP contribution in [-0.2, 0) is 11.4 Å². The summed E-state index contributed by atoms with van der Waals surface area (Å²) in [6, 6.07) is 10.2. The molecule has 0 amide bonds. The van der Waals surface area contributed by atoms with E-state index in [1.54, 1.807) is 0 Å². The Morgan fingerprint density at radius 1 is 1.00 bits per heavy atom. The number of halogens is 2. The van der Waals surface area contributed by atoms with E-state index in [-0.39, 0.29) is 24.8 Å². The van der Waals surface area contributed by atoms with Gasteiger partial charge in [0.2, 0.25) is 0 Å². The number of hydrogen-bond donors (Lipinski definition) is 1. The van der Waals surface area contributed by atoms with Crippen LogP contribution >= 0.6 is 24.8 Å². The summed E-state index contributed by atoms with van der Waals surface area (Å²) in [5.74, 6) is 0. The first-order valence-electron chi connectivity index (χ1n) is 6.56. The van der Waals surface area contributed by atoms with Crippen molar-refractivity contribution in [3.63, 3.8) is 0 Å². The Morgan fingerprint density at radius 2 is 1.68 bits per heavy atom. The Bertz CT molecular complexity index is 306. The predicted octanol–water partition coefficient (Wildman–Crippen LogP) is 3.04. The lowest BCUT2D eigenvalue weighted by Gasteiger charge is -2.26. The van der Waals surface area contributed by atoms with Gasteiger partial charge in [-0.1, -0.05) is 36.8 Å². The van der Waals surface area contributed by atoms with Gasteiger partial charge in [0.25, 0.3) is 0 Å². The SMILES string of the molecule is Cl.Cl.c1ccc(CONCCN2CCCCC2)cc1. The van der Waals surface area contributed by atoms with E-state index in [9.17, 15) is 0 Å². The molecule has 5 heteroatoms. The summed E-state index contributed by atoms with van der Waals surface area (Å²) in [6.07, 6.45) is 4.10. The van der Waals surface area contributed by atoms with Crippen LogP contribution in [-0.4, -0.2) is 31.1 Å². The maximum atomic E-state index is 5.43. The third kappa shape index (κ3) is 7.75. The molecule has 1 N–H and O–H groups in total. The van der Waals surface area contributed by atoms with Crippen LogP contribution in [0.2, 0.25) is 0 Å². The van der Waals surface area contributed by atoms with E-state index in [1.807, 2.05) is 18.2 Å². The van der Waals surface area contributed by atoms with Crippen molar-refractivity contribution >= 4 is 24.8 Å². The molecular weight excluding hydrogens is 283 g/mol. The minimum Gasteiger partial charge on any atom is -0.302 e. The third-order valence-corrected chi connectivity index (χ3v) is 3.16. The van der Waals surface area contributed by atoms with Gasteiger partial charge in [-0.2, -0.15) is 0 Å². The maximum Gasteiger partial charge on any atom is 0.0933 e. The summed E-state index contributed by atoms with van der Waals surface area (Å²) in [4.78, 5) is 7.94. The summed E-state index contributed by atoms with van der Waals surface area (Å²) in [5, 5.41) is 0. The van der Waals surface area contributed by atoms with Gasteiger partial charge in [0.15, 0.2) is 0 Å². The van der Waals surface area contributed by atoms with E-state index in [0.717, 1.165) is 13.1 Å². The van der Waals surface area contributed by atoms with E-state index in [2.05, 4.69) is 22.5 Å². The average Bonchev–Trinajstić information content (AvgIpc) is 2.41. The van der Waals surface area contributed by atoms with Crippen LogP contribution in [0, 0.1) is 0 Å². The van der Waals surface area contributed by atoms with Gasteiger partial charge in [0.1, 0.15) is 0 Å². The van der Waals surface area contributed by atoms with Gasteiger partial charge in [-0.25, -0.2) is 5.48 Å². The van der Waals surface area contributed by atoms with Gasteiger partial charge in [-0.3, -0.25) is 4.84 Å². The summed E-state index contributed by atoms with van der Waals surface area (Å²) in [5.41, 5.74) is 4.25. The number of nitrogens with zero attached hydrogens (tertiary/aromatic N) is 1. The highest BCUT2D eigenvalue weighted by atomic mass is 35.5. The quantitative estimate of drug-likeness (QED) is 0.646. The van der Waals surface area contributed by atoms with Crippen LogP contribution in [0.25, 0.3) is 0 Å². The Morgan fingerprint density at radius 3 is 2.37 bits per heavy atom. The molecule has 1 aromatic carbocycles. The predicted molar refractivity (Wildman–Crippen MR) is 84.0 cm³/mol. The molecule has 1 saturated heterocycles. The highest BCUT2D eigenvalue weighted by molar-refractivity contribution is 5.85. The van der Waals surface area contributed by atoms with Crippen molar-refractivity contribution < 1.29 is 4.84 Å². The van der Waals surface area contributed by atoms with Crippen LogP contribution in [0.15, 0.2) is 30.3 Å². The third-order valence-electron chi connectivity index (χ3n) is 3.16. The lowest BCUT2D eigenvalue weighted by molar-refractivity contribution is 0.0219. The van der Waals surface area contributed by atoms with Crippen molar-refractivity contribution in [2.75, 3.05) is 26.2 Å². The number of hydrogen-bond acceptors (Lipinski definition) is 3. The van der Waals surface area contributed by atoms with Gasteiger partial charge in [-0.05, 0) is 31.5 Å². The second kappa shape index (κ2) is 11.5. The molecule has 1 heterocycles. The zero-order valence-electron chi connectivity index (χ0n) is 11.2. The van der Waals surface area contributed by atoms with Crippen LogP contribution in [0.4, 0.5) is 0 Å². The summed E-state index contributed by atoms with van der Waals surface area (Å²) >= 11 is 0. The minimum absolute atomic E-state index is 0. The number of nitrogens with one attached hydrogen (secondary N) is 1. The summed E-state index contributed by atoms with van der Waals surface area (Å²) < 4.78 is 0. The second-order valence-electron chi connectivity index (χ2n) is 4.57. The highest BCUT2D eigenvalue weighted by Gasteiger charge is 2.08. The molecule has 1 aliphatic rings. The molecule has 2 rings (SSSR count). The van der Waals surface area contributed by atoms with Crippen LogP contribution in [0.5, 0.6) is 0 Å². The molecule has 110 valence electrons. The zero-order valence-corrected chi connectivity index (χ0v) is 12.8. The van der Waals surface area contributed by atoms with Crippen molar-refractivity contribution in [1.29, 1.82) is 0 Å². The fraction of sp³-hybridized carbons (Fsp3) is 0.571. The Balaban J connectivity index is 0.00000162. The molecule has 1 fully saturated rings. The van der Waals surface area contributed by atoms with Gasteiger partial charge in [0.05, 0.1) is 6.61 Å². The molecule has 0 atom stereocenters. The molecule has 0 bridgehead atoms. The van der Waals surface area contributed by atoms with Crippen molar-refractivity contribution in [2.24, 2.45) is 0 Å². The maximum absolute atomic E-state index is 5.43. The Labute approximate surface area is 128 Å². The van der Waals surface area contributed by atoms with E-state index in [1.165, 1.54) is 37.9 Å². The van der Waals surface area contributed by atoms with Gasteiger partial charge < -0.3 is 4.90 Å². The summed E-state index contributed by atoms with van der Waals surface area (Å²) in [6.45, 7) is 5.14. The Kier molecular flexibility index (Phi) is 11.3. The number of likely N-dealkylation sites (tertiary alicyclic amines) is 1. The first-order valence-corrected chi connectivity index (χ1v) is 6.56. The molecule has 0 aromatic heterocycles. The number of hydroxylamine groups is 1. The van der Waals surface area contributed by atoms with Crippen molar-refractivity contribution in [2.45, 2.75) is 25.9 Å². The Hall–Kier alpha value is -0.320. The van der Waals surface area contributed by atoms with Crippen molar-refractivity contribution in [3.8, 4) is 0 Å². The summed E-state index contributed by atoms with van der Waals surface area (Å²) in [7, 11) is 0. The molecule has 0 spiro atoms. The zero-order chi connectivity index (χ0) is 11.8. The van der Waals surface area contributed by atoms with Crippen LogP contribution in [0.3, 0.4) is 0 Å². The topological polar surface area (TPSA) is 24.5 Å². The van der Waals surface area contributed by atoms with E-state index in [4.69, 9.17) is 4.84 Å². The van der Waals surface area contributed by atoms with Crippen LogP contribution < -0.4 is 5.48 Å². The van der Waals surface area contributed by atoms with Crippen molar-refractivity contribution in [3.05, 3.63) is 35.9 Å². The second-order valence-corrected chi connectivity index (χ2v) is 4.57. The standard InChI is InChI=1S/C14H22N2O.2ClH/c1-3-7-14(8-4-1)13-17-15-9-12-16-10-5-2-6-11-16;;/h1,3-4,7-8,15H,2,5-6,9-13H2;2*1H. The van der Waals surface area contributed by atoms with Gasteiger partial charge in [-0.15, -0.1) is 24.8 Å². The molecule has 19 heavy (non-hydrogen) atoms. The monoisotopic (exact) mass is 306 g/mol. The number of rotatable bonds is 6. The fourth-order valence-corrected chi connectivity index (χ4v) is 2.17. The van der Waals surface area contributed by atoms with E-state index in [0.29, 0.717) is 6.61 Å². The normalized spacial score (nSPS) is 15.4. The largest absolute Gasteiger partial charge is 0.302 e. The lowest BCUT2D eigenvalue weighted by Crippen LogP contribution is -2.35. The minimum atomic E-state index is 0. The molecule has 3 nitrogen and oxygen atoms in total. The van der Waals surface area contributed by atoms with Gasteiger partial charge in [0, 0.05) is 13.1 Å². The highest BCUT2D eigenvalue weighted by Crippen LogP contribution is 2.07. The molecule has 0 saturated carbocycles. The first kappa shape index (κ1) is 18.7. The van der Waals surface area contributed by atoms with Crippen molar-refractivity contribution in [1.82, 2.24) is 10.4 Å². The molecule has 0 radical (unpaired) electrons. The molecule has 1 aliphatic heterocycles. The molecule has 1 aromatic rings. The van der Waals surface area contributed by atoms with Gasteiger partial charge >= 0.3 is 0 Å². The fourth-order valence-electron chi connectivity index (χ4n) is 2.17. The van der Waals surface area contributed by atoms with Crippen LogP contribution in [0.1, 0.15) is 24.8 Å². The number of piperidine rings is 1. The molecule has 0 unspecified atom stereocenters. The number of benzene rings is 1. The average molecular weight is 307 g/mol. The lowest BCUT2D eigenvalue weighted by atomic mass is 10.1. The van der Waals surface area contributed by atoms with E-state index < -0.39 is 0 Å². The first-order chi connectivity index (χ1) is 8.45. The smallest absolute Gasteiger partial charge is 0.0933 e. The molecule has 0 aliphatic carbocycles.